The number of aromatic nitrogens is 4. The van der Waals surface area contributed by atoms with Gasteiger partial charge in [0, 0.05) is 47.7 Å². The molecule has 0 atom stereocenters. The molecule has 208 valence electrons. The largest absolute Gasteiger partial charge is 0.465 e. The van der Waals surface area contributed by atoms with Crippen LogP contribution in [-0.4, -0.2) is 42.2 Å². The molecule has 0 radical (unpaired) electrons. The van der Waals surface area contributed by atoms with Crippen molar-refractivity contribution in [2.45, 2.75) is 33.2 Å². The number of pyridine rings is 2. The highest BCUT2D eigenvalue weighted by Gasteiger charge is 2.29. The van der Waals surface area contributed by atoms with E-state index in [1.807, 2.05) is 6.07 Å². The van der Waals surface area contributed by atoms with Crippen molar-refractivity contribution in [1.29, 1.82) is 0 Å². The Morgan fingerprint density at radius 1 is 0.927 bits per heavy atom. The van der Waals surface area contributed by atoms with E-state index < -0.39 is 23.3 Å². The van der Waals surface area contributed by atoms with E-state index in [-0.39, 0.29) is 17.3 Å². The average molecular weight is 557 g/mol. The van der Waals surface area contributed by atoms with Crippen LogP contribution in [0.4, 0.5) is 25.1 Å². The maximum absolute atomic E-state index is 14.7. The molecule has 41 heavy (non-hydrogen) atoms. The second-order valence-corrected chi connectivity index (χ2v) is 10.4. The van der Waals surface area contributed by atoms with Crippen molar-refractivity contribution in [3.8, 4) is 27.9 Å². The predicted molar refractivity (Wildman–Crippen MR) is 152 cm³/mol. The molecule has 5 rings (SSSR count). The number of carbonyl (C=O) groups is 2. The number of fused-ring (bicyclic) bond motifs is 1. The highest BCUT2D eigenvalue weighted by atomic mass is 19.1. The van der Waals surface area contributed by atoms with E-state index in [1.165, 1.54) is 24.0 Å². The van der Waals surface area contributed by atoms with Gasteiger partial charge in [-0.2, -0.15) is 0 Å². The maximum Gasteiger partial charge on any atom is 0.413 e. The number of carbonyl (C=O) groups excluding carboxylic acids is 1. The minimum atomic E-state index is -1.11. The van der Waals surface area contributed by atoms with E-state index >= 15 is 0 Å². The molecule has 3 aromatic heterocycles. The molecule has 0 spiro atoms. The van der Waals surface area contributed by atoms with Crippen LogP contribution in [0.3, 0.4) is 0 Å². The van der Waals surface area contributed by atoms with Gasteiger partial charge in [-0.1, -0.05) is 0 Å². The second-order valence-electron chi connectivity index (χ2n) is 10.4. The number of nitrogens with zero attached hydrogens (tertiary/aromatic N) is 5. The van der Waals surface area contributed by atoms with Crippen LogP contribution in [0.5, 0.6) is 0 Å². The van der Waals surface area contributed by atoms with Crippen molar-refractivity contribution in [2.24, 2.45) is 0 Å². The van der Waals surface area contributed by atoms with Gasteiger partial charge in [0.05, 0.1) is 5.69 Å². The Kier molecular flexibility index (Phi) is 6.96. The summed E-state index contributed by atoms with van der Waals surface area (Å²) in [7, 11) is 0. The van der Waals surface area contributed by atoms with Gasteiger partial charge in [-0.15, -0.1) is 0 Å². The van der Waals surface area contributed by atoms with Crippen LogP contribution >= 0.6 is 0 Å². The molecule has 11 heteroatoms. The molecule has 2 N–H and O–H groups in total. The summed E-state index contributed by atoms with van der Waals surface area (Å²) in [5.41, 5.74) is 3.29. The van der Waals surface area contributed by atoms with Gasteiger partial charge >= 0.3 is 6.09 Å². The minimum absolute atomic E-state index is 0.165. The van der Waals surface area contributed by atoms with Crippen molar-refractivity contribution in [3.05, 3.63) is 85.0 Å². The Labute approximate surface area is 234 Å². The van der Waals surface area contributed by atoms with Gasteiger partial charge in [0.2, 0.25) is 5.91 Å². The Balaban J connectivity index is 1.58. The lowest BCUT2D eigenvalue weighted by Crippen LogP contribution is -2.45. The van der Waals surface area contributed by atoms with Gasteiger partial charge in [-0.05, 0) is 80.4 Å². The number of hydrogen-bond donors (Lipinski definition) is 2. The van der Waals surface area contributed by atoms with Crippen molar-refractivity contribution in [1.82, 2.24) is 19.5 Å². The van der Waals surface area contributed by atoms with E-state index in [0.29, 0.717) is 39.2 Å². The first-order valence-corrected chi connectivity index (χ1v) is 12.6. The summed E-state index contributed by atoms with van der Waals surface area (Å²) in [6.07, 6.45) is 3.62. The molecule has 0 fully saturated rings. The lowest BCUT2D eigenvalue weighted by molar-refractivity contribution is -0.114. The van der Waals surface area contributed by atoms with Gasteiger partial charge in [0.25, 0.3) is 0 Å². The normalized spacial score (nSPS) is 11.5. The van der Waals surface area contributed by atoms with Crippen molar-refractivity contribution >= 4 is 34.7 Å². The molecular weight excluding hydrogens is 530 g/mol. The first-order valence-electron chi connectivity index (χ1n) is 12.6. The Hall–Kier alpha value is -5.19. The predicted octanol–water partition coefficient (Wildman–Crippen LogP) is 6.67. The van der Waals surface area contributed by atoms with Crippen LogP contribution < -0.4 is 10.2 Å². The van der Waals surface area contributed by atoms with Crippen LogP contribution in [0.2, 0.25) is 0 Å². The molecule has 0 unspecified atom stereocenters. The standard InChI is InChI=1S/C30H26F2N6O3/c1-17(39)36-22-9-19(24-6-5-21(31)13-25(24)32)10-23(14-22)37-16-35-26-11-20(15-34-28(26)37)18-7-8-33-27(12-18)38(29(40)41)30(2,3)4/h5-16H,1-4H3,(H,36,39)(H,40,41). The van der Waals surface area contributed by atoms with Crippen LogP contribution in [0.15, 0.2) is 73.3 Å². The number of hydrogen-bond acceptors (Lipinski definition) is 5. The summed E-state index contributed by atoms with van der Waals surface area (Å²) in [5, 5.41) is 12.5. The van der Waals surface area contributed by atoms with Crippen LogP contribution in [0, 0.1) is 11.6 Å². The number of rotatable bonds is 5. The van der Waals surface area contributed by atoms with E-state index in [4.69, 9.17) is 0 Å². The van der Waals surface area contributed by atoms with Crippen LogP contribution in [0.25, 0.3) is 39.1 Å². The number of benzene rings is 2. The Morgan fingerprint density at radius 2 is 1.71 bits per heavy atom. The molecule has 0 aliphatic carbocycles. The first kappa shape index (κ1) is 27.4. The zero-order valence-electron chi connectivity index (χ0n) is 22.7. The number of carboxylic acid groups (broad SMARTS) is 1. The number of anilines is 2. The molecule has 3 heterocycles. The Bertz CT molecular complexity index is 1810. The molecule has 0 aliphatic heterocycles. The first-order chi connectivity index (χ1) is 19.4. The van der Waals surface area contributed by atoms with E-state index in [0.717, 1.165) is 6.07 Å². The summed E-state index contributed by atoms with van der Waals surface area (Å²) >= 11 is 0. The minimum Gasteiger partial charge on any atom is -0.465 e. The third kappa shape index (κ3) is 5.60. The molecule has 0 bridgehead atoms. The number of halogens is 2. The highest BCUT2D eigenvalue weighted by molar-refractivity contribution is 5.91. The summed E-state index contributed by atoms with van der Waals surface area (Å²) in [6, 6.07) is 13.6. The van der Waals surface area contributed by atoms with E-state index in [9.17, 15) is 23.5 Å². The molecule has 2 amide bonds. The van der Waals surface area contributed by atoms with Crippen molar-refractivity contribution in [3.63, 3.8) is 0 Å². The zero-order chi connectivity index (χ0) is 29.5. The van der Waals surface area contributed by atoms with Gasteiger partial charge < -0.3 is 10.4 Å². The second kappa shape index (κ2) is 10.4. The van der Waals surface area contributed by atoms with Crippen molar-refractivity contribution < 1.29 is 23.5 Å². The molecule has 9 nitrogen and oxygen atoms in total. The number of nitrogens with one attached hydrogen (secondary N) is 1. The smallest absolute Gasteiger partial charge is 0.413 e. The van der Waals surface area contributed by atoms with Gasteiger partial charge in [0.1, 0.15) is 29.3 Å². The molecule has 0 saturated heterocycles. The van der Waals surface area contributed by atoms with Gasteiger partial charge in [0.15, 0.2) is 5.65 Å². The fourth-order valence-electron chi connectivity index (χ4n) is 4.60. The lowest BCUT2D eigenvalue weighted by Gasteiger charge is -2.32. The quantitative estimate of drug-likeness (QED) is 0.250. The number of amides is 2. The molecule has 2 aromatic carbocycles. The number of imidazole rings is 1. The highest BCUT2D eigenvalue weighted by Crippen LogP contribution is 2.32. The third-order valence-electron chi connectivity index (χ3n) is 6.32. The molecule has 0 aliphatic rings. The zero-order valence-corrected chi connectivity index (χ0v) is 22.7. The van der Waals surface area contributed by atoms with Crippen LogP contribution in [-0.2, 0) is 4.79 Å². The summed E-state index contributed by atoms with van der Waals surface area (Å²) in [4.78, 5) is 38.3. The molecule has 5 aromatic rings. The van der Waals surface area contributed by atoms with Gasteiger partial charge in [-0.25, -0.2) is 28.5 Å². The van der Waals surface area contributed by atoms with Crippen molar-refractivity contribution in [2.75, 3.05) is 10.2 Å². The van der Waals surface area contributed by atoms with E-state index in [2.05, 4.69) is 20.3 Å². The summed E-state index contributed by atoms with van der Waals surface area (Å²) in [6.45, 7) is 6.72. The summed E-state index contributed by atoms with van der Waals surface area (Å²) < 4.78 is 29.9. The van der Waals surface area contributed by atoms with Crippen LogP contribution in [0.1, 0.15) is 27.7 Å². The maximum atomic E-state index is 14.7. The molecular formula is C30H26F2N6O3. The fourth-order valence-corrected chi connectivity index (χ4v) is 4.60. The fraction of sp³-hybridized carbons (Fsp3) is 0.167. The van der Waals surface area contributed by atoms with E-state index in [1.54, 1.807) is 74.4 Å². The third-order valence-corrected chi connectivity index (χ3v) is 6.32. The average Bonchev–Trinajstić information content (AvgIpc) is 3.31. The monoisotopic (exact) mass is 556 g/mol. The summed E-state index contributed by atoms with van der Waals surface area (Å²) in [5.74, 6) is -1.46. The topological polar surface area (TPSA) is 113 Å². The molecule has 0 saturated carbocycles. The lowest BCUT2D eigenvalue weighted by atomic mass is 10.0. The SMILES string of the molecule is CC(=O)Nc1cc(-c2ccc(F)cc2F)cc(-n2cnc3cc(-c4ccnc(N(C(=O)O)C(C)(C)C)c4)cnc32)c1. The Morgan fingerprint density at radius 3 is 2.39 bits per heavy atom. The van der Waals surface area contributed by atoms with Gasteiger partial charge in [-0.3, -0.25) is 14.3 Å².